The van der Waals surface area contributed by atoms with E-state index in [1.807, 2.05) is 55.4 Å². The van der Waals surface area contributed by atoms with Gasteiger partial charge in [-0.1, -0.05) is 121 Å². The third kappa shape index (κ3) is 56.9. The summed E-state index contributed by atoms with van der Waals surface area (Å²) in [4.78, 5) is 0. The van der Waals surface area contributed by atoms with Crippen LogP contribution in [0.1, 0.15) is 121 Å². The molecule has 0 saturated heterocycles. The van der Waals surface area contributed by atoms with Gasteiger partial charge in [0.25, 0.3) is 0 Å². The highest BCUT2D eigenvalue weighted by Gasteiger charge is 2.07. The largest absolute Gasteiger partial charge is 0.0683 e. The van der Waals surface area contributed by atoms with Crippen molar-refractivity contribution in [2.24, 2.45) is 5.92 Å². The highest BCUT2D eigenvalue weighted by molar-refractivity contribution is 4.60. The van der Waals surface area contributed by atoms with Gasteiger partial charge in [0, 0.05) is 0 Å². The molecule has 0 N–H and O–H groups in total. The molecule has 1 aliphatic carbocycles. The average Bonchev–Trinajstić information content (AvgIpc) is 3.00. The lowest BCUT2D eigenvalue weighted by molar-refractivity contribution is 0.612. The number of hydrogen-bond donors (Lipinski definition) is 0. The normalized spacial score (nSPS) is 11.5. The van der Waals surface area contributed by atoms with E-state index in [1.165, 1.54) is 44.9 Å². The Morgan fingerprint density at radius 3 is 0.947 bits per heavy atom. The molecule has 0 radical (unpaired) electrons. The molecule has 0 heteroatoms. The Kier molecular flexibility index (Phi) is 86.0. The smallest absolute Gasteiger partial charge is 0.0443 e. The number of unbranched alkanes of at least 4 members (excludes halogenated alkanes) is 2. The minimum absolute atomic E-state index is 1.05. The minimum Gasteiger partial charge on any atom is -0.0683 e. The predicted molar refractivity (Wildman–Crippen MR) is 98.2 cm³/mol. The molecule has 19 heavy (non-hydrogen) atoms. The van der Waals surface area contributed by atoms with Gasteiger partial charge in [0.2, 0.25) is 0 Å². The Morgan fingerprint density at radius 2 is 0.895 bits per heavy atom. The van der Waals surface area contributed by atoms with Crippen LogP contribution in [-0.2, 0) is 0 Å². The second-order valence-electron chi connectivity index (χ2n) is 3.74. The van der Waals surface area contributed by atoms with Crippen molar-refractivity contribution in [3.63, 3.8) is 0 Å². The maximum absolute atomic E-state index is 2.34. The van der Waals surface area contributed by atoms with E-state index in [9.17, 15) is 0 Å². The molecule has 0 nitrogen and oxygen atoms in total. The van der Waals surface area contributed by atoms with Crippen LogP contribution in [0.3, 0.4) is 0 Å². The fraction of sp³-hybridized carbons (Fsp3) is 1.00. The summed E-state index contributed by atoms with van der Waals surface area (Å²) in [6, 6.07) is 0. The van der Waals surface area contributed by atoms with Gasteiger partial charge in [-0.2, -0.15) is 0 Å². The van der Waals surface area contributed by atoms with E-state index >= 15 is 0 Å². The molecule has 0 amide bonds. The van der Waals surface area contributed by atoms with Crippen molar-refractivity contribution in [1.82, 2.24) is 0 Å². The van der Waals surface area contributed by atoms with E-state index in [4.69, 9.17) is 0 Å². The minimum atomic E-state index is 1.05. The maximum atomic E-state index is 2.34. The molecule has 0 spiro atoms. The highest BCUT2D eigenvalue weighted by atomic mass is 14.1. The van der Waals surface area contributed by atoms with E-state index in [2.05, 4.69) is 20.8 Å². The Hall–Kier alpha value is 0. The van der Waals surface area contributed by atoms with Gasteiger partial charge in [-0.25, -0.2) is 0 Å². The molecule has 0 aromatic rings. The summed E-state index contributed by atoms with van der Waals surface area (Å²) in [5.74, 6) is 1.05. The summed E-state index contributed by atoms with van der Waals surface area (Å²) in [6.45, 7) is 22.8. The summed E-state index contributed by atoms with van der Waals surface area (Å²) in [7, 11) is 0. The zero-order valence-electron chi connectivity index (χ0n) is 16.5. The van der Waals surface area contributed by atoms with E-state index in [1.54, 1.807) is 0 Å². The summed E-state index contributed by atoms with van der Waals surface area (Å²) >= 11 is 0. The van der Waals surface area contributed by atoms with Gasteiger partial charge in [0.05, 0.1) is 0 Å². The summed E-state index contributed by atoms with van der Waals surface area (Å²) in [6.07, 6.45) is 10.0. The molecular formula is C19H48. The number of rotatable bonds is 2. The molecule has 0 bridgehead atoms. The van der Waals surface area contributed by atoms with Crippen LogP contribution in [0.25, 0.3) is 0 Å². The van der Waals surface area contributed by atoms with Gasteiger partial charge >= 0.3 is 0 Å². The van der Waals surface area contributed by atoms with Gasteiger partial charge in [0.1, 0.15) is 0 Å². The fourth-order valence-electron chi connectivity index (χ4n) is 1.48. The van der Waals surface area contributed by atoms with E-state index in [0.29, 0.717) is 0 Å². The van der Waals surface area contributed by atoms with Crippen LogP contribution < -0.4 is 0 Å². The molecule has 1 fully saturated rings. The summed E-state index contributed by atoms with van der Waals surface area (Å²) in [5, 5.41) is 0. The summed E-state index contributed by atoms with van der Waals surface area (Å²) in [5.41, 5.74) is 0. The SMILES string of the molecule is CC.CC.CC.CC.CC1CCCC1.CCCCC. The first kappa shape index (κ1) is 31.4. The Labute approximate surface area is 127 Å². The standard InChI is InChI=1S/C6H12.C5H12.4C2H6/c1-6-4-2-3-5-6;1-3-5-4-2;4*1-2/h6H,2-5H2,1H3;3-5H2,1-2H3;4*1-2H3. The van der Waals surface area contributed by atoms with Crippen LogP contribution in [0.15, 0.2) is 0 Å². The Bertz CT molecular complexity index is 58.4. The van der Waals surface area contributed by atoms with Crippen molar-refractivity contribution in [3.8, 4) is 0 Å². The van der Waals surface area contributed by atoms with Crippen molar-refractivity contribution in [3.05, 3.63) is 0 Å². The van der Waals surface area contributed by atoms with Crippen molar-refractivity contribution in [1.29, 1.82) is 0 Å². The van der Waals surface area contributed by atoms with Crippen molar-refractivity contribution >= 4 is 0 Å². The third-order valence-corrected chi connectivity index (χ3v) is 2.35. The lowest BCUT2D eigenvalue weighted by Crippen LogP contribution is -1.78. The summed E-state index contributed by atoms with van der Waals surface area (Å²) < 4.78 is 0. The van der Waals surface area contributed by atoms with Crippen molar-refractivity contribution in [2.75, 3.05) is 0 Å². The van der Waals surface area contributed by atoms with Gasteiger partial charge < -0.3 is 0 Å². The molecule has 0 unspecified atom stereocenters. The quantitative estimate of drug-likeness (QED) is 0.474. The monoisotopic (exact) mass is 276 g/mol. The lowest BCUT2D eigenvalue weighted by atomic mass is 10.2. The molecule has 0 aromatic carbocycles. The molecule has 1 saturated carbocycles. The lowest BCUT2D eigenvalue weighted by Gasteiger charge is -1.91. The van der Waals surface area contributed by atoms with Gasteiger partial charge in [-0.05, 0) is 5.92 Å². The molecule has 124 valence electrons. The van der Waals surface area contributed by atoms with Gasteiger partial charge in [-0.15, -0.1) is 0 Å². The first-order valence-corrected chi connectivity index (χ1v) is 9.31. The zero-order chi connectivity index (χ0) is 16.5. The molecular weight excluding hydrogens is 228 g/mol. The Morgan fingerprint density at radius 1 is 0.632 bits per heavy atom. The van der Waals surface area contributed by atoms with Gasteiger partial charge in [0.15, 0.2) is 0 Å². The van der Waals surface area contributed by atoms with Crippen LogP contribution in [0.2, 0.25) is 0 Å². The van der Waals surface area contributed by atoms with Crippen molar-refractivity contribution in [2.45, 2.75) is 121 Å². The van der Waals surface area contributed by atoms with E-state index in [-0.39, 0.29) is 0 Å². The topological polar surface area (TPSA) is 0 Å². The predicted octanol–water partition coefficient (Wildman–Crippen LogP) is 8.50. The molecule has 1 rings (SSSR count). The molecule has 0 aromatic heterocycles. The van der Waals surface area contributed by atoms with E-state index < -0.39 is 0 Å². The first-order valence-electron chi connectivity index (χ1n) is 9.31. The third-order valence-electron chi connectivity index (χ3n) is 2.35. The zero-order valence-corrected chi connectivity index (χ0v) is 16.5. The highest BCUT2D eigenvalue weighted by Crippen LogP contribution is 2.22. The molecule has 1 aliphatic rings. The average molecular weight is 277 g/mol. The van der Waals surface area contributed by atoms with Crippen LogP contribution in [0.5, 0.6) is 0 Å². The molecule has 0 heterocycles. The van der Waals surface area contributed by atoms with Crippen LogP contribution in [-0.4, -0.2) is 0 Å². The van der Waals surface area contributed by atoms with Crippen LogP contribution in [0.4, 0.5) is 0 Å². The first-order chi connectivity index (χ1) is 9.31. The molecule has 0 atom stereocenters. The van der Waals surface area contributed by atoms with Crippen LogP contribution in [0, 0.1) is 5.92 Å². The number of hydrogen-bond acceptors (Lipinski definition) is 0. The van der Waals surface area contributed by atoms with E-state index in [0.717, 1.165) is 5.92 Å². The van der Waals surface area contributed by atoms with Gasteiger partial charge in [-0.3, -0.25) is 0 Å². The van der Waals surface area contributed by atoms with Crippen molar-refractivity contribution < 1.29 is 0 Å². The Balaban J connectivity index is -0.0000000459. The maximum Gasteiger partial charge on any atom is -0.0443 e. The second-order valence-corrected chi connectivity index (χ2v) is 3.74. The molecule has 0 aliphatic heterocycles. The van der Waals surface area contributed by atoms with Crippen LogP contribution >= 0.6 is 0 Å². The fourth-order valence-corrected chi connectivity index (χ4v) is 1.48. The second kappa shape index (κ2) is 52.0.